The number of hydrogen-bond donors (Lipinski definition) is 3. The minimum absolute atomic E-state index is 0.0368. The van der Waals surface area contributed by atoms with E-state index in [0.717, 1.165) is 89.9 Å². The summed E-state index contributed by atoms with van der Waals surface area (Å²) in [5.74, 6) is -0.239. The van der Waals surface area contributed by atoms with Gasteiger partial charge in [-0.1, -0.05) is 212 Å². The van der Waals surface area contributed by atoms with Gasteiger partial charge in [-0.15, -0.1) is 0 Å². The molecule has 0 aliphatic rings. The molecular formula is C61H104N2O6P+. The van der Waals surface area contributed by atoms with Crippen molar-refractivity contribution in [3.63, 3.8) is 0 Å². The third kappa shape index (κ3) is 52.5. The van der Waals surface area contributed by atoms with Crippen LogP contribution in [0.25, 0.3) is 0 Å². The lowest BCUT2D eigenvalue weighted by molar-refractivity contribution is -0.870. The molecule has 0 spiro atoms. The molecule has 0 bridgehead atoms. The largest absolute Gasteiger partial charge is 0.472 e. The van der Waals surface area contributed by atoms with Crippen molar-refractivity contribution in [3.8, 4) is 0 Å². The first kappa shape index (κ1) is 66.6. The summed E-state index contributed by atoms with van der Waals surface area (Å²) in [7, 11) is 1.49. The fourth-order valence-corrected chi connectivity index (χ4v) is 7.76. The second kappa shape index (κ2) is 50.6. The second-order valence-electron chi connectivity index (χ2n) is 19.2. The number of amides is 1. The lowest BCUT2D eigenvalue weighted by Gasteiger charge is -2.25. The van der Waals surface area contributed by atoms with E-state index in [1.54, 1.807) is 6.08 Å². The zero-order valence-electron chi connectivity index (χ0n) is 45.2. The molecule has 398 valence electrons. The number of aliphatic hydroxyl groups is 1. The number of allylic oxidation sites excluding steroid dienone is 21. The van der Waals surface area contributed by atoms with Crippen LogP contribution in [0.15, 0.2) is 134 Å². The van der Waals surface area contributed by atoms with Crippen molar-refractivity contribution >= 4 is 13.7 Å². The van der Waals surface area contributed by atoms with Crippen LogP contribution >= 0.6 is 7.82 Å². The molecule has 0 aliphatic carbocycles. The van der Waals surface area contributed by atoms with E-state index in [0.29, 0.717) is 17.4 Å². The van der Waals surface area contributed by atoms with Crippen LogP contribution in [0, 0.1) is 0 Å². The monoisotopic (exact) mass is 992 g/mol. The molecule has 0 saturated heterocycles. The fourth-order valence-electron chi connectivity index (χ4n) is 7.03. The first-order valence-corrected chi connectivity index (χ1v) is 29.1. The Morgan fingerprint density at radius 2 is 0.871 bits per heavy atom. The zero-order valence-corrected chi connectivity index (χ0v) is 46.1. The van der Waals surface area contributed by atoms with Gasteiger partial charge in [0.15, 0.2) is 0 Å². The highest BCUT2D eigenvalue weighted by molar-refractivity contribution is 7.47. The number of unbranched alkanes of at least 4 members (excludes halogenated alkanes) is 15. The Balaban J connectivity index is 4.47. The van der Waals surface area contributed by atoms with Gasteiger partial charge in [-0.2, -0.15) is 0 Å². The fraction of sp³-hybridized carbons (Fsp3) is 0.623. The molecule has 0 radical (unpaired) electrons. The summed E-state index contributed by atoms with van der Waals surface area (Å²) in [6, 6.07) is -0.904. The molecule has 0 aromatic rings. The number of likely N-dealkylation sites (N-methyl/N-ethyl adjacent to an activating group) is 1. The van der Waals surface area contributed by atoms with E-state index in [2.05, 4.69) is 141 Å². The third-order valence-electron chi connectivity index (χ3n) is 11.3. The normalized spacial score (nSPS) is 15.0. The average Bonchev–Trinajstić information content (AvgIpc) is 3.32. The number of rotatable bonds is 48. The van der Waals surface area contributed by atoms with E-state index < -0.39 is 20.0 Å². The minimum atomic E-state index is -4.38. The van der Waals surface area contributed by atoms with Gasteiger partial charge in [0, 0.05) is 6.42 Å². The van der Waals surface area contributed by atoms with E-state index in [-0.39, 0.29) is 25.5 Å². The van der Waals surface area contributed by atoms with Crippen molar-refractivity contribution in [2.45, 2.75) is 206 Å². The summed E-state index contributed by atoms with van der Waals surface area (Å²) >= 11 is 0. The number of hydrogen-bond acceptors (Lipinski definition) is 5. The highest BCUT2D eigenvalue weighted by Gasteiger charge is 2.27. The van der Waals surface area contributed by atoms with Gasteiger partial charge >= 0.3 is 7.82 Å². The highest BCUT2D eigenvalue weighted by atomic mass is 31.2. The van der Waals surface area contributed by atoms with Crippen molar-refractivity contribution in [2.24, 2.45) is 0 Å². The molecule has 0 aliphatic heterocycles. The van der Waals surface area contributed by atoms with Crippen molar-refractivity contribution < 1.29 is 32.9 Å². The lowest BCUT2D eigenvalue weighted by Crippen LogP contribution is -2.45. The van der Waals surface area contributed by atoms with Crippen LogP contribution < -0.4 is 5.32 Å². The Morgan fingerprint density at radius 1 is 0.500 bits per heavy atom. The van der Waals surface area contributed by atoms with E-state index in [9.17, 15) is 19.4 Å². The molecular weight excluding hydrogens is 888 g/mol. The van der Waals surface area contributed by atoms with Crippen molar-refractivity contribution in [1.82, 2.24) is 5.32 Å². The number of carbonyl (C=O) groups excluding carboxylic acids is 1. The molecule has 8 nitrogen and oxygen atoms in total. The quantitative estimate of drug-likeness (QED) is 0.0243. The predicted molar refractivity (Wildman–Crippen MR) is 304 cm³/mol. The molecule has 9 heteroatoms. The van der Waals surface area contributed by atoms with Gasteiger partial charge in [-0.3, -0.25) is 13.8 Å². The Bertz CT molecular complexity index is 1590. The summed E-state index contributed by atoms with van der Waals surface area (Å²) < 4.78 is 23.6. The van der Waals surface area contributed by atoms with Gasteiger partial charge in [0.2, 0.25) is 5.91 Å². The number of carbonyl (C=O) groups is 1. The van der Waals surface area contributed by atoms with Gasteiger partial charge in [-0.05, 0) is 109 Å². The molecule has 0 rings (SSSR count). The smallest absolute Gasteiger partial charge is 0.387 e. The van der Waals surface area contributed by atoms with Gasteiger partial charge < -0.3 is 19.8 Å². The number of phosphoric acid groups is 1. The van der Waals surface area contributed by atoms with Crippen LogP contribution in [-0.2, 0) is 18.4 Å². The zero-order chi connectivity index (χ0) is 51.3. The van der Waals surface area contributed by atoms with E-state index in [1.807, 2.05) is 27.2 Å². The SMILES string of the molecule is CC/C=C\C/C=C\C/C=C\C/C=C\C/C=C\C/C=C\C/C=C\C/C=C\CCCCC(=O)NC(COP(=O)(O)OCC[N+](C)(C)C)C(O)/C=C/CC/C=C/CC/C=C/CCCCCCCCCCCCC. The summed E-state index contributed by atoms with van der Waals surface area (Å²) in [6.45, 7) is 4.62. The van der Waals surface area contributed by atoms with Crippen LogP contribution in [0.3, 0.4) is 0 Å². The van der Waals surface area contributed by atoms with Crippen LogP contribution in [0.2, 0.25) is 0 Å². The van der Waals surface area contributed by atoms with E-state index >= 15 is 0 Å². The Kier molecular flexibility index (Phi) is 48.1. The van der Waals surface area contributed by atoms with Crippen LogP contribution in [0.5, 0.6) is 0 Å². The molecule has 0 saturated carbocycles. The second-order valence-corrected chi connectivity index (χ2v) is 20.7. The minimum Gasteiger partial charge on any atom is -0.387 e. The van der Waals surface area contributed by atoms with Crippen LogP contribution in [-0.4, -0.2) is 73.4 Å². The van der Waals surface area contributed by atoms with Gasteiger partial charge in [0.1, 0.15) is 13.2 Å². The molecule has 0 fully saturated rings. The lowest BCUT2D eigenvalue weighted by atomic mass is 10.1. The maximum atomic E-state index is 12.9. The van der Waals surface area contributed by atoms with Crippen molar-refractivity contribution in [1.29, 1.82) is 0 Å². The number of quaternary nitrogens is 1. The van der Waals surface area contributed by atoms with Gasteiger partial charge in [-0.25, -0.2) is 4.57 Å². The summed E-state index contributed by atoms with van der Waals surface area (Å²) in [5.41, 5.74) is 0. The first-order chi connectivity index (χ1) is 34.0. The number of phosphoric ester groups is 1. The van der Waals surface area contributed by atoms with Crippen molar-refractivity contribution in [3.05, 3.63) is 134 Å². The molecule has 3 atom stereocenters. The molecule has 0 aromatic carbocycles. The summed E-state index contributed by atoms with van der Waals surface area (Å²) in [6.07, 6.45) is 76.9. The first-order valence-electron chi connectivity index (χ1n) is 27.6. The average molecular weight is 992 g/mol. The molecule has 3 N–H and O–H groups in total. The maximum Gasteiger partial charge on any atom is 0.472 e. The number of nitrogens with zero attached hydrogens (tertiary/aromatic N) is 1. The highest BCUT2D eigenvalue weighted by Crippen LogP contribution is 2.43. The Labute approximate surface area is 430 Å². The van der Waals surface area contributed by atoms with Crippen LogP contribution in [0.1, 0.15) is 194 Å². The molecule has 0 aromatic heterocycles. The Morgan fingerprint density at radius 3 is 1.31 bits per heavy atom. The predicted octanol–water partition coefficient (Wildman–Crippen LogP) is 16.8. The van der Waals surface area contributed by atoms with E-state index in [1.165, 1.54) is 77.0 Å². The number of nitrogens with one attached hydrogen (secondary N) is 1. The van der Waals surface area contributed by atoms with E-state index in [4.69, 9.17) is 9.05 Å². The third-order valence-corrected chi connectivity index (χ3v) is 12.3. The molecule has 0 heterocycles. The molecule has 70 heavy (non-hydrogen) atoms. The number of aliphatic hydroxyl groups excluding tert-OH is 1. The summed E-state index contributed by atoms with van der Waals surface area (Å²) in [5, 5.41) is 13.9. The standard InChI is InChI=1S/C61H103N2O6P/c1-6-8-10-12-14-16-18-20-22-24-26-28-29-30-31-32-33-35-37-39-41-43-45-47-49-51-53-55-61(65)62-59(58-69-70(66,67)68-57-56-63(3,4)5)60(64)54-52-50-48-46-44-42-40-38-36-34-27-25-23-21-19-17-15-13-11-9-7-2/h8,10,14,16,20,22,26,28,30-31,33,35-36,38-39,41,44-47,52,54,59-60,64H,6-7,9,11-13,15,17-19,21,23-25,27,29,32,34,37,40,42-43,48-51,53,55-58H2,1-5H3,(H-,62,65,66,67)/p+1/b10-8-,16-14-,22-20-,28-26-,31-30-,35-33-,38-36+,41-39-,46-44+,47-45-,54-52+. The molecule has 3 unspecified atom stereocenters. The maximum absolute atomic E-state index is 12.9. The van der Waals surface area contributed by atoms with Gasteiger partial charge in [0.05, 0.1) is 39.9 Å². The Hall–Kier alpha value is -3.36. The van der Waals surface area contributed by atoms with Gasteiger partial charge in [0.25, 0.3) is 0 Å². The topological polar surface area (TPSA) is 105 Å². The van der Waals surface area contributed by atoms with Crippen molar-refractivity contribution in [2.75, 3.05) is 40.9 Å². The molecule has 1 amide bonds. The van der Waals surface area contributed by atoms with Crippen LogP contribution in [0.4, 0.5) is 0 Å². The summed E-state index contributed by atoms with van der Waals surface area (Å²) in [4.78, 5) is 23.3.